The van der Waals surface area contributed by atoms with Gasteiger partial charge in [0.15, 0.2) is 11.5 Å². The molecule has 0 aliphatic heterocycles. The zero-order chi connectivity index (χ0) is 9.52. The average molecular weight is 179 g/mol. The first-order chi connectivity index (χ1) is 6.38. The first-order valence-corrected chi connectivity index (χ1v) is 4.14. The number of hydrogen-bond donors (Lipinski definition) is 0. The van der Waals surface area contributed by atoms with Crippen molar-refractivity contribution in [1.82, 2.24) is 0 Å². The highest BCUT2D eigenvalue weighted by Crippen LogP contribution is 2.25. The third-order valence-corrected chi connectivity index (χ3v) is 1.46. The molecule has 13 heavy (non-hydrogen) atoms. The van der Waals surface area contributed by atoms with Crippen LogP contribution in [0.2, 0.25) is 0 Å². The van der Waals surface area contributed by atoms with Gasteiger partial charge in [-0.1, -0.05) is 19.1 Å². The molecule has 0 unspecified atom stereocenters. The normalized spacial score (nSPS) is 9.31. The second-order valence-electron chi connectivity index (χ2n) is 2.48. The molecule has 0 spiro atoms. The van der Waals surface area contributed by atoms with Crippen LogP contribution in [-0.2, 0) is 4.79 Å². The Morgan fingerprint density at radius 1 is 1.31 bits per heavy atom. The van der Waals surface area contributed by atoms with Crippen molar-refractivity contribution in [3.05, 3.63) is 24.3 Å². The van der Waals surface area contributed by atoms with E-state index in [1.807, 2.05) is 13.0 Å². The van der Waals surface area contributed by atoms with E-state index in [1.165, 1.54) is 6.47 Å². The summed E-state index contributed by atoms with van der Waals surface area (Å²) in [6, 6.07) is 7.01. The molecule has 0 amide bonds. The number of rotatable bonds is 5. The van der Waals surface area contributed by atoms with Crippen LogP contribution in [0.25, 0.3) is 0 Å². The Kier molecular flexibility index (Phi) is 3.82. The van der Waals surface area contributed by atoms with Crippen molar-refractivity contribution >= 4 is 6.47 Å². The van der Waals surface area contributed by atoms with E-state index in [2.05, 4.69) is 4.74 Å². The van der Waals surface area contributed by atoms with E-state index >= 15 is 0 Å². The van der Waals surface area contributed by atoms with Crippen LogP contribution < -0.4 is 9.47 Å². The van der Waals surface area contributed by atoms with Gasteiger partial charge in [-0.15, -0.1) is 0 Å². The van der Waals surface area contributed by atoms with E-state index < -0.39 is 0 Å². The standard InChI is InChI=1S/C10H11O3/c1-2-7-12-9-5-3-4-6-10(9)13-8-11/h3-6H,2,7H2,1H3. The molecule has 0 bridgehead atoms. The van der Waals surface area contributed by atoms with Crippen LogP contribution in [0.1, 0.15) is 13.3 Å². The quantitative estimate of drug-likeness (QED) is 0.692. The molecular weight excluding hydrogens is 168 g/mol. The van der Waals surface area contributed by atoms with Crippen molar-refractivity contribution in [2.24, 2.45) is 0 Å². The van der Waals surface area contributed by atoms with E-state index in [4.69, 9.17) is 4.74 Å². The Balaban J connectivity index is 2.71. The zero-order valence-electron chi connectivity index (χ0n) is 7.45. The van der Waals surface area contributed by atoms with Crippen molar-refractivity contribution in [3.63, 3.8) is 0 Å². The van der Waals surface area contributed by atoms with Crippen molar-refractivity contribution in [3.8, 4) is 11.5 Å². The van der Waals surface area contributed by atoms with E-state index in [9.17, 15) is 4.79 Å². The van der Waals surface area contributed by atoms with Crippen LogP contribution >= 0.6 is 0 Å². The molecule has 1 aromatic carbocycles. The lowest BCUT2D eigenvalue weighted by atomic mass is 10.3. The Morgan fingerprint density at radius 2 is 2.00 bits per heavy atom. The minimum Gasteiger partial charge on any atom is -0.490 e. The second kappa shape index (κ2) is 5.19. The summed E-state index contributed by atoms with van der Waals surface area (Å²) in [6.07, 6.45) is 0.916. The maximum atomic E-state index is 10.00. The molecule has 69 valence electrons. The maximum Gasteiger partial charge on any atom is 0.423 e. The third-order valence-electron chi connectivity index (χ3n) is 1.46. The minimum absolute atomic E-state index is 0.408. The number of para-hydroxylation sites is 2. The molecule has 0 aromatic heterocycles. The van der Waals surface area contributed by atoms with Crippen LogP contribution in [0.4, 0.5) is 0 Å². The Hall–Kier alpha value is -1.51. The first-order valence-electron chi connectivity index (χ1n) is 4.14. The summed E-state index contributed by atoms with van der Waals surface area (Å²) in [6.45, 7) is 3.99. The molecular formula is C10H11O3. The predicted octanol–water partition coefficient (Wildman–Crippen LogP) is 1.92. The summed E-state index contributed by atoms with van der Waals surface area (Å²) in [4.78, 5) is 10.00. The third kappa shape index (κ3) is 2.78. The van der Waals surface area contributed by atoms with E-state index in [0.717, 1.165) is 6.42 Å². The SMILES string of the molecule is CCCOc1ccccc1O[C]=O. The molecule has 0 aliphatic carbocycles. The topological polar surface area (TPSA) is 35.5 Å². The summed E-state index contributed by atoms with van der Waals surface area (Å²) in [5.74, 6) is 0.985. The molecule has 3 heteroatoms. The molecule has 0 aliphatic rings. The number of carbonyl (C=O) groups excluding carboxylic acids is 1. The molecule has 1 radical (unpaired) electrons. The van der Waals surface area contributed by atoms with Gasteiger partial charge in [0.2, 0.25) is 0 Å². The van der Waals surface area contributed by atoms with Crippen molar-refractivity contribution < 1.29 is 14.3 Å². The lowest BCUT2D eigenvalue weighted by molar-refractivity contribution is 0.304. The molecule has 0 heterocycles. The summed E-state index contributed by atoms with van der Waals surface area (Å²) >= 11 is 0. The van der Waals surface area contributed by atoms with Gasteiger partial charge < -0.3 is 9.47 Å². The van der Waals surface area contributed by atoms with Gasteiger partial charge >= 0.3 is 6.47 Å². The molecule has 0 atom stereocenters. The van der Waals surface area contributed by atoms with E-state index in [1.54, 1.807) is 18.2 Å². The van der Waals surface area contributed by atoms with Gasteiger partial charge in [0.1, 0.15) is 0 Å². The first kappa shape index (κ1) is 9.58. The molecule has 0 saturated heterocycles. The van der Waals surface area contributed by atoms with Crippen molar-refractivity contribution in [2.45, 2.75) is 13.3 Å². The lowest BCUT2D eigenvalue weighted by Gasteiger charge is -2.07. The highest BCUT2D eigenvalue weighted by molar-refractivity contribution is 5.51. The van der Waals surface area contributed by atoms with Crippen LogP contribution in [-0.4, -0.2) is 13.1 Å². The van der Waals surface area contributed by atoms with E-state index in [-0.39, 0.29) is 0 Å². The summed E-state index contributed by atoms with van der Waals surface area (Å²) < 4.78 is 9.94. The predicted molar refractivity (Wildman–Crippen MR) is 48.5 cm³/mol. The summed E-state index contributed by atoms with van der Waals surface area (Å²) in [7, 11) is 0. The smallest absolute Gasteiger partial charge is 0.423 e. The van der Waals surface area contributed by atoms with Gasteiger partial charge in [0.05, 0.1) is 6.61 Å². The molecule has 0 N–H and O–H groups in total. The number of benzene rings is 1. The van der Waals surface area contributed by atoms with Crippen molar-refractivity contribution in [1.29, 1.82) is 0 Å². The highest BCUT2D eigenvalue weighted by atomic mass is 16.5. The molecule has 0 saturated carbocycles. The van der Waals surface area contributed by atoms with Gasteiger partial charge in [-0.3, -0.25) is 0 Å². The fraction of sp³-hybridized carbons (Fsp3) is 0.300. The molecule has 1 rings (SSSR count). The highest BCUT2D eigenvalue weighted by Gasteiger charge is 2.02. The Morgan fingerprint density at radius 3 is 2.62 bits per heavy atom. The fourth-order valence-electron chi connectivity index (χ4n) is 0.911. The molecule has 0 fully saturated rings. The largest absolute Gasteiger partial charge is 0.490 e. The van der Waals surface area contributed by atoms with Gasteiger partial charge in [0.25, 0.3) is 0 Å². The number of hydrogen-bond acceptors (Lipinski definition) is 3. The van der Waals surface area contributed by atoms with Crippen LogP contribution in [0, 0.1) is 0 Å². The number of ether oxygens (including phenoxy) is 2. The maximum absolute atomic E-state index is 10.00. The Labute approximate surface area is 77.3 Å². The van der Waals surface area contributed by atoms with Gasteiger partial charge in [-0.05, 0) is 18.6 Å². The van der Waals surface area contributed by atoms with Gasteiger partial charge in [0, 0.05) is 0 Å². The summed E-state index contributed by atoms with van der Waals surface area (Å²) in [5.41, 5.74) is 0. The van der Waals surface area contributed by atoms with Crippen LogP contribution in [0.5, 0.6) is 11.5 Å². The second-order valence-corrected chi connectivity index (χ2v) is 2.48. The molecule has 3 nitrogen and oxygen atoms in total. The average Bonchev–Trinajstić information content (AvgIpc) is 2.17. The van der Waals surface area contributed by atoms with Gasteiger partial charge in [-0.2, -0.15) is 0 Å². The fourth-order valence-corrected chi connectivity index (χ4v) is 0.911. The van der Waals surface area contributed by atoms with Crippen molar-refractivity contribution in [2.75, 3.05) is 6.61 Å². The lowest BCUT2D eigenvalue weighted by Crippen LogP contribution is -1.98. The van der Waals surface area contributed by atoms with E-state index in [0.29, 0.717) is 18.1 Å². The van der Waals surface area contributed by atoms with Crippen LogP contribution in [0.3, 0.4) is 0 Å². The zero-order valence-corrected chi connectivity index (χ0v) is 7.45. The minimum atomic E-state index is 0.408. The Bertz CT molecular complexity index is 271. The molecule has 1 aromatic rings. The summed E-state index contributed by atoms with van der Waals surface area (Å²) in [5, 5.41) is 0. The monoisotopic (exact) mass is 179 g/mol. The van der Waals surface area contributed by atoms with Crippen LogP contribution in [0.15, 0.2) is 24.3 Å². The van der Waals surface area contributed by atoms with Gasteiger partial charge in [-0.25, -0.2) is 4.79 Å².